The van der Waals surface area contributed by atoms with Gasteiger partial charge in [0.05, 0.1) is 19.3 Å². The van der Waals surface area contributed by atoms with Gasteiger partial charge in [0.15, 0.2) is 12.5 Å². The summed E-state index contributed by atoms with van der Waals surface area (Å²) in [5, 5.41) is 57.5. The maximum absolute atomic E-state index is 14.1. The van der Waals surface area contributed by atoms with Crippen LogP contribution in [-0.4, -0.2) is 105 Å². The Morgan fingerprint density at radius 1 is 0.870 bits per heavy atom. The topological polar surface area (TPSA) is 149 Å². The van der Waals surface area contributed by atoms with Gasteiger partial charge in [-0.05, 0) is 6.92 Å². The number of hydrogen-bond acceptors (Lipinski definition) is 9. The van der Waals surface area contributed by atoms with Crippen LogP contribution >= 0.6 is 0 Å². The van der Waals surface area contributed by atoms with E-state index in [1.807, 2.05) is 0 Å². The molecule has 0 aromatic carbocycles. The van der Waals surface area contributed by atoms with E-state index in [0.29, 0.717) is 0 Å². The van der Waals surface area contributed by atoms with Crippen molar-refractivity contribution in [3.63, 3.8) is 0 Å². The maximum atomic E-state index is 14.1. The molecule has 0 aromatic rings. The Bertz CT molecular complexity index is 382. The molecule has 2 fully saturated rings. The molecule has 0 aromatic heterocycles. The summed E-state index contributed by atoms with van der Waals surface area (Å²) in [6, 6.07) is 0. The second-order valence-electron chi connectivity index (χ2n) is 5.80. The number of aliphatic hydroxyl groups is 6. The highest BCUT2D eigenvalue weighted by molar-refractivity contribution is 4.94. The average Bonchev–Trinajstić information content (AvgIpc) is 2.55. The van der Waals surface area contributed by atoms with Gasteiger partial charge < -0.3 is 44.8 Å². The summed E-state index contributed by atoms with van der Waals surface area (Å²) < 4.78 is 29.7. The van der Waals surface area contributed by atoms with Gasteiger partial charge in [-0.15, -0.1) is 0 Å². The van der Waals surface area contributed by atoms with Crippen molar-refractivity contribution in [2.75, 3.05) is 13.2 Å². The Balaban J connectivity index is 2.11. The minimum atomic E-state index is -2.16. The van der Waals surface area contributed by atoms with Gasteiger partial charge in [-0.3, -0.25) is 0 Å². The second-order valence-corrected chi connectivity index (χ2v) is 5.80. The Morgan fingerprint density at radius 2 is 1.48 bits per heavy atom. The monoisotopic (exact) mass is 341 g/mol. The van der Waals surface area contributed by atoms with Crippen LogP contribution in [0.5, 0.6) is 0 Å². The lowest BCUT2D eigenvalue weighted by Crippen LogP contribution is -2.63. The predicted molar refractivity (Wildman–Crippen MR) is 71.0 cm³/mol. The van der Waals surface area contributed by atoms with Crippen LogP contribution in [0.3, 0.4) is 0 Å². The molecule has 2 saturated heterocycles. The fourth-order valence-corrected chi connectivity index (χ4v) is 2.75. The van der Waals surface area contributed by atoms with Crippen molar-refractivity contribution >= 4 is 0 Å². The van der Waals surface area contributed by atoms with Crippen LogP contribution in [-0.2, 0) is 14.2 Å². The van der Waals surface area contributed by atoms with E-state index < -0.39 is 74.5 Å². The van der Waals surface area contributed by atoms with E-state index in [0.717, 1.165) is 0 Å². The summed E-state index contributed by atoms with van der Waals surface area (Å²) in [6.45, 7) is 0.248. The molecule has 4 unspecified atom stereocenters. The van der Waals surface area contributed by atoms with Crippen molar-refractivity contribution in [1.82, 2.24) is 0 Å². The van der Waals surface area contributed by atoms with E-state index in [1.165, 1.54) is 6.92 Å². The first kappa shape index (κ1) is 18.9. The molecule has 0 spiro atoms. The van der Waals surface area contributed by atoms with E-state index in [1.54, 1.807) is 0 Å². The van der Waals surface area contributed by atoms with Crippen molar-refractivity contribution in [1.29, 1.82) is 0 Å². The quantitative estimate of drug-likeness (QED) is 0.308. The van der Waals surface area contributed by atoms with Gasteiger partial charge in [0.2, 0.25) is 0 Å². The molecule has 0 amide bonds. The molecule has 0 aliphatic carbocycles. The van der Waals surface area contributed by atoms with Crippen LogP contribution in [0.4, 0.5) is 4.39 Å². The molecule has 136 valence electrons. The first-order valence-corrected chi connectivity index (χ1v) is 7.36. The molecule has 2 heterocycles. The van der Waals surface area contributed by atoms with Crippen LogP contribution in [0.2, 0.25) is 0 Å². The molecule has 23 heavy (non-hydrogen) atoms. The van der Waals surface area contributed by atoms with Crippen LogP contribution in [0, 0.1) is 0 Å². The Labute approximate surface area is 131 Å². The van der Waals surface area contributed by atoms with Gasteiger partial charge in [-0.2, -0.15) is 0 Å². The lowest BCUT2D eigenvalue weighted by molar-refractivity contribution is -0.332. The lowest BCUT2D eigenvalue weighted by Gasteiger charge is -2.45. The molecule has 0 bridgehead atoms. The zero-order valence-electron chi connectivity index (χ0n) is 12.5. The van der Waals surface area contributed by atoms with Gasteiger partial charge in [0.25, 0.3) is 0 Å². The standard InChI is InChI=1S/C13H23FO9/c1-4-8(17)11(20)12(6(3-16)21-4)23-13-7(14)10(19)9(18)5(2-15)22-13/h4-13,15-20H,2-3H2,1H3/t4?,5?,6?,7?,8-,9-,10+,11+,12-,13+/m1/s1/i14-1. The van der Waals surface area contributed by atoms with Gasteiger partial charge in [0.1, 0.15) is 42.7 Å². The molecular weight excluding hydrogens is 318 g/mol. The summed E-state index contributed by atoms with van der Waals surface area (Å²) in [5.74, 6) is 0. The Morgan fingerprint density at radius 3 is 2.04 bits per heavy atom. The highest BCUT2D eigenvalue weighted by Gasteiger charge is 2.50. The van der Waals surface area contributed by atoms with Gasteiger partial charge in [-0.1, -0.05) is 0 Å². The van der Waals surface area contributed by atoms with Crippen LogP contribution in [0.15, 0.2) is 0 Å². The highest BCUT2D eigenvalue weighted by Crippen LogP contribution is 2.30. The third-order valence-corrected chi connectivity index (χ3v) is 4.20. The third-order valence-electron chi connectivity index (χ3n) is 4.20. The first-order chi connectivity index (χ1) is 10.8. The molecule has 2 aliphatic heterocycles. The minimum absolute atomic E-state index is 0.558. The number of halogens is 1. The second kappa shape index (κ2) is 7.64. The molecule has 2 aliphatic rings. The van der Waals surface area contributed by atoms with E-state index in [4.69, 9.17) is 19.3 Å². The summed E-state index contributed by atoms with van der Waals surface area (Å²) in [5.41, 5.74) is 0. The normalized spacial score (nSPS) is 51.7. The summed E-state index contributed by atoms with van der Waals surface area (Å²) in [6.07, 6.45) is -14.6. The zero-order valence-corrected chi connectivity index (χ0v) is 12.5. The zero-order chi connectivity index (χ0) is 17.3. The number of aliphatic hydroxyl groups excluding tert-OH is 6. The summed E-state index contributed by atoms with van der Waals surface area (Å²) in [4.78, 5) is 0. The fourth-order valence-electron chi connectivity index (χ4n) is 2.75. The van der Waals surface area contributed by atoms with Crippen molar-refractivity contribution in [3.8, 4) is 0 Å². The molecule has 6 N–H and O–H groups in total. The van der Waals surface area contributed by atoms with E-state index in [9.17, 15) is 29.9 Å². The SMILES string of the molecule is CC1OC(CO)[C@@H](O[C@@H]2OC(CO)[C@@H](O)[C@@H](O)C2[18F])[C@@H](O)[C@@H]1O. The number of alkyl halides is 1. The lowest BCUT2D eigenvalue weighted by atomic mass is 9.95. The predicted octanol–water partition coefficient (Wildman–Crippen LogP) is -3.35. The highest BCUT2D eigenvalue weighted by atomic mass is 18.2. The van der Waals surface area contributed by atoms with Crippen LogP contribution < -0.4 is 0 Å². The Kier molecular flexibility index (Phi) is 6.28. The maximum Gasteiger partial charge on any atom is 0.192 e. The van der Waals surface area contributed by atoms with Gasteiger partial charge in [0, 0.05) is 0 Å². The van der Waals surface area contributed by atoms with Gasteiger partial charge in [-0.25, -0.2) is 4.39 Å². The van der Waals surface area contributed by atoms with Crippen molar-refractivity contribution < 1.29 is 49.2 Å². The first-order valence-electron chi connectivity index (χ1n) is 7.36. The number of ether oxygens (including phenoxy) is 3. The largest absolute Gasteiger partial charge is 0.394 e. The summed E-state index contributed by atoms with van der Waals surface area (Å²) in [7, 11) is 0. The van der Waals surface area contributed by atoms with E-state index in [2.05, 4.69) is 0 Å². The van der Waals surface area contributed by atoms with Crippen molar-refractivity contribution in [3.05, 3.63) is 0 Å². The van der Waals surface area contributed by atoms with Crippen molar-refractivity contribution in [2.24, 2.45) is 0 Å². The summed E-state index contributed by atoms with van der Waals surface area (Å²) >= 11 is 0. The number of hydrogen-bond donors (Lipinski definition) is 6. The van der Waals surface area contributed by atoms with E-state index in [-0.39, 0.29) is 0 Å². The molecule has 10 atom stereocenters. The number of rotatable bonds is 4. The third kappa shape index (κ3) is 3.65. The molecule has 0 radical (unpaired) electrons. The molecular formula is C13H23FO9. The molecule has 2 rings (SSSR count). The van der Waals surface area contributed by atoms with Crippen molar-refractivity contribution in [2.45, 2.75) is 68.2 Å². The minimum Gasteiger partial charge on any atom is -0.394 e. The molecule has 10 heteroatoms. The Hall–Kier alpha value is -0.430. The molecule has 9 nitrogen and oxygen atoms in total. The average molecular weight is 341 g/mol. The fraction of sp³-hybridized carbons (Fsp3) is 1.00. The molecule has 0 saturated carbocycles. The smallest absolute Gasteiger partial charge is 0.192 e. The van der Waals surface area contributed by atoms with Gasteiger partial charge >= 0.3 is 0 Å². The van der Waals surface area contributed by atoms with E-state index >= 15 is 0 Å². The van der Waals surface area contributed by atoms with Crippen LogP contribution in [0.1, 0.15) is 6.92 Å². The van der Waals surface area contributed by atoms with Crippen LogP contribution in [0.25, 0.3) is 0 Å².